The smallest absolute Gasteiger partial charge is 0.127 e. The zero-order chi connectivity index (χ0) is 12.8. The molecule has 0 bridgehead atoms. The maximum atomic E-state index is 5.88. The van der Waals surface area contributed by atoms with Gasteiger partial charge in [-0.2, -0.15) is 0 Å². The predicted octanol–water partition coefficient (Wildman–Crippen LogP) is 2.70. The summed E-state index contributed by atoms with van der Waals surface area (Å²) in [6.45, 7) is 4.70. The summed E-state index contributed by atoms with van der Waals surface area (Å²) in [6.07, 6.45) is 3.23. The number of methoxy groups -OCH3 is 1. The molecule has 0 amide bonds. The van der Waals surface area contributed by atoms with Crippen LogP contribution in [0.1, 0.15) is 36.9 Å². The van der Waals surface area contributed by atoms with E-state index in [1.165, 1.54) is 11.1 Å². The molecule has 100 valence electrons. The van der Waals surface area contributed by atoms with E-state index in [4.69, 9.17) is 9.47 Å². The lowest BCUT2D eigenvalue weighted by atomic mass is 9.96. The Bertz CT molecular complexity index is 379. The number of para-hydroxylation sites is 1. The van der Waals surface area contributed by atoms with E-state index >= 15 is 0 Å². The number of rotatable bonds is 6. The molecule has 3 nitrogen and oxygen atoms in total. The molecule has 3 heteroatoms. The Hall–Kier alpha value is -1.06. The number of hydrogen-bond acceptors (Lipinski definition) is 3. The van der Waals surface area contributed by atoms with Crippen molar-refractivity contribution < 1.29 is 9.47 Å². The lowest BCUT2D eigenvalue weighted by molar-refractivity contribution is 0.182. The average molecular weight is 249 g/mol. The van der Waals surface area contributed by atoms with Crippen LogP contribution in [0.3, 0.4) is 0 Å². The topological polar surface area (TPSA) is 30.5 Å². The van der Waals surface area contributed by atoms with Gasteiger partial charge in [0.15, 0.2) is 0 Å². The monoisotopic (exact) mass is 249 g/mol. The van der Waals surface area contributed by atoms with Crippen LogP contribution in [0.2, 0.25) is 0 Å². The SMILES string of the molecule is CCNC(CCOC)c1cccc2c1OCCC2. The third-order valence-corrected chi connectivity index (χ3v) is 3.40. The standard InChI is InChI=1S/C15H23NO2/c1-3-16-14(9-11-17-2)13-8-4-6-12-7-5-10-18-15(12)13/h4,6,8,14,16H,3,5,7,9-11H2,1-2H3. The molecular weight excluding hydrogens is 226 g/mol. The Balaban J connectivity index is 2.22. The minimum atomic E-state index is 0.322. The van der Waals surface area contributed by atoms with E-state index in [1.807, 2.05) is 0 Å². The van der Waals surface area contributed by atoms with Gasteiger partial charge in [0.25, 0.3) is 0 Å². The van der Waals surface area contributed by atoms with Crippen molar-refractivity contribution in [1.82, 2.24) is 5.32 Å². The maximum absolute atomic E-state index is 5.88. The lowest BCUT2D eigenvalue weighted by Crippen LogP contribution is -2.24. The molecule has 0 saturated heterocycles. The number of fused-ring (bicyclic) bond motifs is 1. The van der Waals surface area contributed by atoms with Crippen LogP contribution >= 0.6 is 0 Å². The van der Waals surface area contributed by atoms with Crippen LogP contribution in [0.25, 0.3) is 0 Å². The average Bonchev–Trinajstić information content (AvgIpc) is 2.43. The summed E-state index contributed by atoms with van der Waals surface area (Å²) in [5.41, 5.74) is 2.63. The van der Waals surface area contributed by atoms with Crippen LogP contribution in [-0.4, -0.2) is 26.9 Å². The molecule has 18 heavy (non-hydrogen) atoms. The van der Waals surface area contributed by atoms with Gasteiger partial charge in [-0.05, 0) is 31.4 Å². The van der Waals surface area contributed by atoms with Crippen molar-refractivity contribution in [3.05, 3.63) is 29.3 Å². The Morgan fingerprint density at radius 1 is 1.44 bits per heavy atom. The van der Waals surface area contributed by atoms with Gasteiger partial charge < -0.3 is 14.8 Å². The van der Waals surface area contributed by atoms with Crippen molar-refractivity contribution >= 4 is 0 Å². The Kier molecular flexibility index (Phi) is 5.02. The van der Waals surface area contributed by atoms with Crippen LogP contribution in [0.5, 0.6) is 5.75 Å². The molecule has 0 radical (unpaired) electrons. The third kappa shape index (κ3) is 3.03. The number of benzene rings is 1. The molecular formula is C15H23NO2. The first-order valence-electron chi connectivity index (χ1n) is 6.83. The van der Waals surface area contributed by atoms with Crippen molar-refractivity contribution in [2.45, 2.75) is 32.2 Å². The molecule has 0 spiro atoms. The lowest BCUT2D eigenvalue weighted by Gasteiger charge is -2.25. The highest BCUT2D eigenvalue weighted by atomic mass is 16.5. The minimum Gasteiger partial charge on any atom is -0.493 e. The number of hydrogen-bond donors (Lipinski definition) is 1. The van der Waals surface area contributed by atoms with E-state index in [-0.39, 0.29) is 0 Å². The summed E-state index contributed by atoms with van der Waals surface area (Å²) in [7, 11) is 1.75. The zero-order valence-electron chi connectivity index (χ0n) is 11.4. The first kappa shape index (κ1) is 13.4. The highest BCUT2D eigenvalue weighted by Crippen LogP contribution is 2.34. The van der Waals surface area contributed by atoms with Gasteiger partial charge in [-0.3, -0.25) is 0 Å². The maximum Gasteiger partial charge on any atom is 0.127 e. The fourth-order valence-corrected chi connectivity index (χ4v) is 2.54. The molecule has 1 aliphatic rings. The van der Waals surface area contributed by atoms with Crippen molar-refractivity contribution in [1.29, 1.82) is 0 Å². The molecule has 1 aliphatic heterocycles. The van der Waals surface area contributed by atoms with Crippen LogP contribution in [-0.2, 0) is 11.2 Å². The van der Waals surface area contributed by atoms with Gasteiger partial charge in [0.1, 0.15) is 5.75 Å². The molecule has 1 aromatic rings. The van der Waals surface area contributed by atoms with Crippen molar-refractivity contribution in [2.75, 3.05) is 26.9 Å². The van der Waals surface area contributed by atoms with Gasteiger partial charge >= 0.3 is 0 Å². The van der Waals surface area contributed by atoms with Crippen LogP contribution in [0, 0.1) is 0 Å². The number of nitrogens with one attached hydrogen (secondary N) is 1. The van der Waals surface area contributed by atoms with E-state index in [1.54, 1.807) is 7.11 Å². The van der Waals surface area contributed by atoms with E-state index in [9.17, 15) is 0 Å². The minimum absolute atomic E-state index is 0.322. The largest absolute Gasteiger partial charge is 0.493 e. The van der Waals surface area contributed by atoms with Crippen LogP contribution < -0.4 is 10.1 Å². The molecule has 0 aliphatic carbocycles. The summed E-state index contributed by atoms with van der Waals surface area (Å²) in [6, 6.07) is 6.81. The van der Waals surface area contributed by atoms with Gasteiger partial charge in [-0.1, -0.05) is 25.1 Å². The van der Waals surface area contributed by atoms with Gasteiger partial charge in [0.2, 0.25) is 0 Å². The first-order valence-corrected chi connectivity index (χ1v) is 6.83. The molecule has 1 aromatic carbocycles. The second-order valence-electron chi connectivity index (χ2n) is 4.68. The Morgan fingerprint density at radius 2 is 2.33 bits per heavy atom. The number of ether oxygens (including phenoxy) is 2. The second-order valence-corrected chi connectivity index (χ2v) is 4.68. The van der Waals surface area contributed by atoms with Crippen LogP contribution in [0.4, 0.5) is 0 Å². The molecule has 1 unspecified atom stereocenters. The van der Waals surface area contributed by atoms with E-state index in [0.29, 0.717) is 6.04 Å². The fourth-order valence-electron chi connectivity index (χ4n) is 2.54. The van der Waals surface area contributed by atoms with Gasteiger partial charge in [-0.15, -0.1) is 0 Å². The van der Waals surface area contributed by atoms with Crippen LogP contribution in [0.15, 0.2) is 18.2 Å². The summed E-state index contributed by atoms with van der Waals surface area (Å²) in [4.78, 5) is 0. The highest BCUT2D eigenvalue weighted by Gasteiger charge is 2.20. The van der Waals surface area contributed by atoms with Crippen molar-refractivity contribution in [2.24, 2.45) is 0 Å². The quantitative estimate of drug-likeness (QED) is 0.841. The summed E-state index contributed by atoms with van der Waals surface area (Å²) >= 11 is 0. The summed E-state index contributed by atoms with van der Waals surface area (Å²) in [5.74, 6) is 1.10. The van der Waals surface area contributed by atoms with E-state index in [2.05, 4.69) is 30.4 Å². The summed E-state index contributed by atoms with van der Waals surface area (Å²) < 4.78 is 11.1. The zero-order valence-corrected chi connectivity index (χ0v) is 11.4. The van der Waals surface area contributed by atoms with Gasteiger partial charge in [-0.25, -0.2) is 0 Å². The van der Waals surface area contributed by atoms with Crippen molar-refractivity contribution in [3.63, 3.8) is 0 Å². The molecule has 0 aromatic heterocycles. The third-order valence-electron chi connectivity index (χ3n) is 3.40. The first-order chi connectivity index (χ1) is 8.86. The molecule has 1 N–H and O–H groups in total. The second kappa shape index (κ2) is 6.76. The summed E-state index contributed by atoms with van der Waals surface area (Å²) in [5, 5.41) is 3.52. The van der Waals surface area contributed by atoms with E-state index in [0.717, 1.165) is 44.8 Å². The fraction of sp³-hybridized carbons (Fsp3) is 0.600. The Morgan fingerprint density at radius 3 is 3.11 bits per heavy atom. The van der Waals surface area contributed by atoms with Crippen molar-refractivity contribution in [3.8, 4) is 5.75 Å². The molecule has 1 atom stereocenters. The van der Waals surface area contributed by atoms with Gasteiger partial charge in [0.05, 0.1) is 6.61 Å². The van der Waals surface area contributed by atoms with E-state index < -0.39 is 0 Å². The molecule has 0 saturated carbocycles. The molecule has 2 rings (SSSR count). The highest BCUT2D eigenvalue weighted by molar-refractivity contribution is 5.44. The molecule has 0 fully saturated rings. The predicted molar refractivity (Wildman–Crippen MR) is 73.2 cm³/mol. The number of aryl methyl sites for hydroxylation is 1. The Labute approximate surface area is 109 Å². The normalized spacial score (nSPS) is 15.9. The molecule has 1 heterocycles. The van der Waals surface area contributed by atoms with Gasteiger partial charge in [0, 0.05) is 25.3 Å².